The van der Waals surface area contributed by atoms with Crippen molar-refractivity contribution in [2.75, 3.05) is 13.1 Å². The van der Waals surface area contributed by atoms with Gasteiger partial charge in [-0.1, -0.05) is 12.8 Å². The van der Waals surface area contributed by atoms with Gasteiger partial charge in [-0.05, 0) is 38.6 Å². The Hall–Kier alpha value is -0.570. The van der Waals surface area contributed by atoms with Gasteiger partial charge in [0.25, 0.3) is 0 Å². The Balaban J connectivity index is 2.35. The summed E-state index contributed by atoms with van der Waals surface area (Å²) < 4.78 is 0. The molecule has 14 heavy (non-hydrogen) atoms. The number of carbonyl (C=O) groups is 1. The van der Waals surface area contributed by atoms with Crippen LogP contribution < -0.4 is 11.1 Å². The maximum atomic E-state index is 11.6. The van der Waals surface area contributed by atoms with Gasteiger partial charge in [-0.3, -0.25) is 4.79 Å². The summed E-state index contributed by atoms with van der Waals surface area (Å²) in [5.41, 5.74) is 5.54. The molecule has 1 amide bonds. The minimum atomic E-state index is 0.245. The summed E-state index contributed by atoms with van der Waals surface area (Å²) in [5, 5.41) is 2.91. The van der Waals surface area contributed by atoms with Crippen LogP contribution in [0.15, 0.2) is 0 Å². The normalized spacial score (nSPS) is 27.3. The molecule has 0 aliphatic heterocycles. The Morgan fingerprint density at radius 1 is 1.50 bits per heavy atom. The molecule has 2 atom stereocenters. The molecule has 1 rings (SSSR count). The predicted octanol–water partition coefficient (Wildman–Crippen LogP) is 1.28. The lowest BCUT2D eigenvalue weighted by Gasteiger charge is -2.27. The first kappa shape index (κ1) is 11.5. The van der Waals surface area contributed by atoms with E-state index in [-0.39, 0.29) is 11.8 Å². The van der Waals surface area contributed by atoms with Crippen LogP contribution in [0.5, 0.6) is 0 Å². The van der Waals surface area contributed by atoms with E-state index in [4.69, 9.17) is 5.73 Å². The van der Waals surface area contributed by atoms with Gasteiger partial charge in [0.15, 0.2) is 0 Å². The van der Waals surface area contributed by atoms with Gasteiger partial charge < -0.3 is 11.1 Å². The van der Waals surface area contributed by atoms with E-state index < -0.39 is 0 Å². The Morgan fingerprint density at radius 3 is 2.93 bits per heavy atom. The van der Waals surface area contributed by atoms with E-state index in [2.05, 4.69) is 5.32 Å². The van der Waals surface area contributed by atoms with Crippen molar-refractivity contribution in [1.29, 1.82) is 0 Å². The van der Waals surface area contributed by atoms with Crippen molar-refractivity contribution in [2.24, 2.45) is 17.6 Å². The zero-order chi connectivity index (χ0) is 10.4. The van der Waals surface area contributed by atoms with Crippen LogP contribution >= 0.6 is 0 Å². The Labute approximate surface area is 86.4 Å². The third-order valence-electron chi connectivity index (χ3n) is 3.08. The predicted molar refractivity (Wildman–Crippen MR) is 57.8 cm³/mol. The van der Waals surface area contributed by atoms with Crippen molar-refractivity contribution in [3.63, 3.8) is 0 Å². The molecule has 1 fully saturated rings. The van der Waals surface area contributed by atoms with E-state index in [1.165, 1.54) is 12.8 Å². The van der Waals surface area contributed by atoms with Gasteiger partial charge in [-0.15, -0.1) is 0 Å². The van der Waals surface area contributed by atoms with Crippen LogP contribution in [-0.2, 0) is 4.79 Å². The zero-order valence-electron chi connectivity index (χ0n) is 9.09. The summed E-state index contributed by atoms with van der Waals surface area (Å²) in [6.45, 7) is 3.47. The monoisotopic (exact) mass is 198 g/mol. The van der Waals surface area contributed by atoms with E-state index in [0.717, 1.165) is 32.4 Å². The first-order valence-electron chi connectivity index (χ1n) is 5.75. The number of carbonyl (C=O) groups excluding carboxylic acids is 1. The molecule has 0 aromatic heterocycles. The molecule has 0 heterocycles. The lowest BCUT2D eigenvalue weighted by atomic mass is 9.79. The van der Waals surface area contributed by atoms with E-state index in [1.54, 1.807) is 0 Å². The van der Waals surface area contributed by atoms with E-state index in [9.17, 15) is 4.79 Å². The van der Waals surface area contributed by atoms with Gasteiger partial charge in [-0.2, -0.15) is 0 Å². The summed E-state index contributed by atoms with van der Waals surface area (Å²) in [5.74, 6) is 1.18. The van der Waals surface area contributed by atoms with Gasteiger partial charge >= 0.3 is 0 Å². The topological polar surface area (TPSA) is 55.1 Å². The highest BCUT2D eigenvalue weighted by atomic mass is 16.1. The molecule has 0 aromatic carbocycles. The number of nitrogens with two attached hydrogens (primary N) is 1. The highest BCUT2D eigenvalue weighted by Crippen LogP contribution is 2.30. The SMILES string of the molecule is CCNC(=O)C1CCCC(CCN)C1. The first-order valence-corrected chi connectivity index (χ1v) is 5.75. The average Bonchev–Trinajstić information content (AvgIpc) is 2.19. The fraction of sp³-hybridized carbons (Fsp3) is 0.909. The lowest BCUT2D eigenvalue weighted by Crippen LogP contribution is -2.34. The second-order valence-electron chi connectivity index (χ2n) is 4.20. The van der Waals surface area contributed by atoms with Crippen LogP contribution in [0, 0.1) is 11.8 Å². The molecule has 1 aliphatic carbocycles. The van der Waals surface area contributed by atoms with Crippen LogP contribution in [-0.4, -0.2) is 19.0 Å². The molecule has 0 aromatic rings. The minimum Gasteiger partial charge on any atom is -0.356 e. The van der Waals surface area contributed by atoms with Gasteiger partial charge in [0.2, 0.25) is 5.91 Å². The van der Waals surface area contributed by atoms with Gasteiger partial charge in [-0.25, -0.2) is 0 Å². The van der Waals surface area contributed by atoms with Crippen molar-refractivity contribution in [3.05, 3.63) is 0 Å². The second kappa shape index (κ2) is 6.02. The van der Waals surface area contributed by atoms with Crippen LogP contribution in [0.3, 0.4) is 0 Å². The molecule has 3 N–H and O–H groups in total. The summed E-state index contributed by atoms with van der Waals surface area (Å²) in [7, 11) is 0. The largest absolute Gasteiger partial charge is 0.356 e. The third kappa shape index (κ3) is 3.29. The van der Waals surface area contributed by atoms with Crippen LogP contribution in [0.25, 0.3) is 0 Å². The molecule has 1 aliphatic rings. The first-order chi connectivity index (χ1) is 6.77. The van der Waals surface area contributed by atoms with E-state index in [0.29, 0.717) is 5.92 Å². The van der Waals surface area contributed by atoms with Crippen LogP contribution in [0.4, 0.5) is 0 Å². The van der Waals surface area contributed by atoms with E-state index >= 15 is 0 Å². The molecule has 0 bridgehead atoms. The molecule has 0 spiro atoms. The summed E-state index contributed by atoms with van der Waals surface area (Å²) in [6, 6.07) is 0. The van der Waals surface area contributed by atoms with Crippen molar-refractivity contribution in [3.8, 4) is 0 Å². The smallest absolute Gasteiger partial charge is 0.223 e. The quantitative estimate of drug-likeness (QED) is 0.715. The Morgan fingerprint density at radius 2 is 2.29 bits per heavy atom. The van der Waals surface area contributed by atoms with Gasteiger partial charge in [0.05, 0.1) is 0 Å². The van der Waals surface area contributed by atoms with Crippen molar-refractivity contribution in [1.82, 2.24) is 5.32 Å². The highest BCUT2D eigenvalue weighted by molar-refractivity contribution is 5.78. The average molecular weight is 198 g/mol. The highest BCUT2D eigenvalue weighted by Gasteiger charge is 2.26. The maximum absolute atomic E-state index is 11.6. The number of amides is 1. The van der Waals surface area contributed by atoms with Gasteiger partial charge in [0, 0.05) is 12.5 Å². The molecule has 2 unspecified atom stereocenters. The molecule has 1 saturated carbocycles. The number of nitrogens with one attached hydrogen (secondary N) is 1. The Bertz CT molecular complexity index is 180. The molecular formula is C11H22N2O. The third-order valence-corrected chi connectivity index (χ3v) is 3.08. The Kier molecular flexibility index (Phi) is 4.94. The number of hydrogen-bond donors (Lipinski definition) is 2. The molecule has 3 nitrogen and oxygen atoms in total. The van der Waals surface area contributed by atoms with Crippen molar-refractivity contribution >= 4 is 5.91 Å². The van der Waals surface area contributed by atoms with Crippen LogP contribution in [0.2, 0.25) is 0 Å². The molecule has 0 radical (unpaired) electrons. The van der Waals surface area contributed by atoms with Crippen LogP contribution in [0.1, 0.15) is 39.0 Å². The molecule has 82 valence electrons. The van der Waals surface area contributed by atoms with Crippen molar-refractivity contribution in [2.45, 2.75) is 39.0 Å². The van der Waals surface area contributed by atoms with Crippen molar-refractivity contribution < 1.29 is 4.79 Å². The maximum Gasteiger partial charge on any atom is 0.223 e. The second-order valence-corrected chi connectivity index (χ2v) is 4.20. The molecule has 3 heteroatoms. The summed E-state index contributed by atoms with van der Waals surface area (Å²) >= 11 is 0. The van der Waals surface area contributed by atoms with Gasteiger partial charge in [0.1, 0.15) is 0 Å². The number of hydrogen-bond acceptors (Lipinski definition) is 2. The fourth-order valence-electron chi connectivity index (χ4n) is 2.35. The number of rotatable bonds is 4. The summed E-state index contributed by atoms with van der Waals surface area (Å²) in [4.78, 5) is 11.6. The van der Waals surface area contributed by atoms with E-state index in [1.807, 2.05) is 6.92 Å². The summed E-state index contributed by atoms with van der Waals surface area (Å²) in [6.07, 6.45) is 5.63. The lowest BCUT2D eigenvalue weighted by molar-refractivity contribution is -0.126. The standard InChI is InChI=1S/C11H22N2O/c1-2-13-11(14)10-5-3-4-9(8-10)6-7-12/h9-10H,2-8,12H2,1H3,(H,13,14). The fourth-order valence-corrected chi connectivity index (χ4v) is 2.35. The zero-order valence-corrected chi connectivity index (χ0v) is 9.09. The molecule has 0 saturated heterocycles. The minimum absolute atomic E-state index is 0.245. The molecular weight excluding hydrogens is 176 g/mol.